The van der Waals surface area contributed by atoms with Gasteiger partial charge in [0, 0.05) is 6.42 Å². The van der Waals surface area contributed by atoms with E-state index in [0.717, 1.165) is 5.76 Å². The lowest BCUT2D eigenvalue weighted by Crippen LogP contribution is -2.12. The molecule has 3 rings (SSSR count). The van der Waals surface area contributed by atoms with Crippen LogP contribution in [0.25, 0.3) is 11.0 Å². The summed E-state index contributed by atoms with van der Waals surface area (Å²) in [6.07, 6.45) is 2.24. The zero-order valence-electron chi connectivity index (χ0n) is 10.9. The summed E-state index contributed by atoms with van der Waals surface area (Å²) in [7, 11) is 0. The first-order chi connectivity index (χ1) is 9.66. The van der Waals surface area contributed by atoms with E-state index in [1.54, 1.807) is 29.1 Å². The largest absolute Gasteiger partial charge is 0.478 e. The number of aromatic nitrogens is 3. The molecule has 0 aliphatic heterocycles. The lowest BCUT2D eigenvalue weighted by atomic mass is 10.1. The summed E-state index contributed by atoms with van der Waals surface area (Å²) in [6.45, 7) is 1.95. The van der Waals surface area contributed by atoms with Crippen LogP contribution in [0.5, 0.6) is 0 Å². The highest BCUT2D eigenvalue weighted by atomic mass is 16.4. The molecule has 0 fully saturated rings. The van der Waals surface area contributed by atoms with Gasteiger partial charge in [0.05, 0.1) is 17.9 Å². The summed E-state index contributed by atoms with van der Waals surface area (Å²) in [6, 6.07) is 8.64. The zero-order valence-corrected chi connectivity index (χ0v) is 10.9. The van der Waals surface area contributed by atoms with Crippen LogP contribution in [-0.2, 0) is 6.42 Å². The van der Waals surface area contributed by atoms with Crippen molar-refractivity contribution >= 4 is 17.0 Å². The third kappa shape index (κ3) is 2.05. The molecule has 0 aliphatic carbocycles. The number of carboxylic acids is 1. The maximum absolute atomic E-state index is 11.3. The van der Waals surface area contributed by atoms with Crippen molar-refractivity contribution in [3.63, 3.8) is 0 Å². The van der Waals surface area contributed by atoms with Crippen LogP contribution in [0.4, 0.5) is 0 Å². The van der Waals surface area contributed by atoms with Crippen LogP contribution < -0.4 is 0 Å². The van der Waals surface area contributed by atoms with Crippen LogP contribution in [0.1, 0.15) is 29.1 Å². The fourth-order valence-corrected chi connectivity index (χ4v) is 2.28. The van der Waals surface area contributed by atoms with Gasteiger partial charge in [0.15, 0.2) is 0 Å². The van der Waals surface area contributed by atoms with Crippen molar-refractivity contribution < 1.29 is 14.3 Å². The Morgan fingerprint density at radius 1 is 1.40 bits per heavy atom. The molecule has 0 saturated heterocycles. The Kier molecular flexibility index (Phi) is 2.98. The summed E-state index contributed by atoms with van der Waals surface area (Å²) < 4.78 is 6.95. The van der Waals surface area contributed by atoms with Crippen LogP contribution in [0.3, 0.4) is 0 Å². The Labute approximate surface area is 114 Å². The van der Waals surface area contributed by atoms with E-state index >= 15 is 0 Å². The molecule has 0 spiro atoms. The zero-order chi connectivity index (χ0) is 14.1. The SMILES string of the molecule is CC(Cc1ccco1)n1nnc2cccc(C(=O)O)c21. The van der Waals surface area contributed by atoms with Gasteiger partial charge in [0.2, 0.25) is 0 Å². The van der Waals surface area contributed by atoms with Gasteiger partial charge in [0.1, 0.15) is 16.8 Å². The average Bonchev–Trinajstić information content (AvgIpc) is 3.06. The molecule has 20 heavy (non-hydrogen) atoms. The highest BCUT2D eigenvalue weighted by Crippen LogP contribution is 2.22. The summed E-state index contributed by atoms with van der Waals surface area (Å²) in [5, 5.41) is 17.4. The first-order valence-electron chi connectivity index (χ1n) is 6.26. The molecule has 102 valence electrons. The second kappa shape index (κ2) is 4.80. The topological polar surface area (TPSA) is 81.2 Å². The average molecular weight is 271 g/mol. The highest BCUT2D eigenvalue weighted by molar-refractivity contribution is 6.00. The number of para-hydroxylation sites is 1. The van der Waals surface area contributed by atoms with Gasteiger partial charge in [-0.3, -0.25) is 0 Å². The van der Waals surface area contributed by atoms with Crippen LogP contribution in [0, 0.1) is 0 Å². The number of fused-ring (bicyclic) bond motifs is 1. The molecule has 1 aromatic carbocycles. The number of hydrogen-bond acceptors (Lipinski definition) is 4. The van der Waals surface area contributed by atoms with E-state index in [1.165, 1.54) is 0 Å². The van der Waals surface area contributed by atoms with Crippen molar-refractivity contribution in [1.29, 1.82) is 0 Å². The monoisotopic (exact) mass is 271 g/mol. The van der Waals surface area contributed by atoms with Crippen molar-refractivity contribution in [2.45, 2.75) is 19.4 Å². The molecule has 3 aromatic rings. The number of furan rings is 1. The minimum atomic E-state index is -0.982. The fourth-order valence-electron chi connectivity index (χ4n) is 2.28. The Morgan fingerprint density at radius 2 is 2.25 bits per heavy atom. The fraction of sp³-hybridized carbons (Fsp3) is 0.214. The molecular weight excluding hydrogens is 258 g/mol. The molecule has 1 N–H and O–H groups in total. The van der Waals surface area contributed by atoms with E-state index in [0.29, 0.717) is 17.5 Å². The normalized spacial score (nSPS) is 12.7. The Morgan fingerprint density at radius 3 is 2.95 bits per heavy atom. The number of hydrogen-bond donors (Lipinski definition) is 1. The van der Waals surface area contributed by atoms with Crippen LogP contribution in [0.15, 0.2) is 41.0 Å². The van der Waals surface area contributed by atoms with Gasteiger partial charge in [-0.2, -0.15) is 0 Å². The van der Waals surface area contributed by atoms with Crippen molar-refractivity contribution in [2.75, 3.05) is 0 Å². The van der Waals surface area contributed by atoms with Crippen molar-refractivity contribution in [3.05, 3.63) is 47.9 Å². The van der Waals surface area contributed by atoms with Gasteiger partial charge < -0.3 is 9.52 Å². The lowest BCUT2D eigenvalue weighted by Gasteiger charge is -2.11. The van der Waals surface area contributed by atoms with E-state index in [4.69, 9.17) is 4.42 Å². The summed E-state index contributed by atoms with van der Waals surface area (Å²) in [5.41, 5.74) is 1.33. The lowest BCUT2D eigenvalue weighted by molar-refractivity contribution is 0.0698. The van der Waals surface area contributed by atoms with E-state index in [-0.39, 0.29) is 11.6 Å². The summed E-state index contributed by atoms with van der Waals surface area (Å²) in [5.74, 6) is -0.154. The van der Waals surface area contributed by atoms with Crippen molar-refractivity contribution in [2.24, 2.45) is 0 Å². The van der Waals surface area contributed by atoms with Crippen LogP contribution in [-0.4, -0.2) is 26.1 Å². The van der Waals surface area contributed by atoms with E-state index in [9.17, 15) is 9.90 Å². The van der Waals surface area contributed by atoms with Gasteiger partial charge >= 0.3 is 5.97 Å². The Balaban J connectivity index is 2.05. The quantitative estimate of drug-likeness (QED) is 0.788. The van der Waals surface area contributed by atoms with Crippen LogP contribution in [0.2, 0.25) is 0 Å². The number of carboxylic acid groups (broad SMARTS) is 1. The molecular formula is C14H13N3O3. The van der Waals surface area contributed by atoms with Gasteiger partial charge in [-0.25, -0.2) is 9.48 Å². The molecule has 0 amide bonds. The number of rotatable bonds is 4. The Bertz CT molecular complexity index is 746. The molecule has 6 nitrogen and oxygen atoms in total. The number of nitrogens with zero attached hydrogens (tertiary/aromatic N) is 3. The predicted molar refractivity (Wildman–Crippen MR) is 71.6 cm³/mol. The molecule has 0 radical (unpaired) electrons. The first-order valence-corrected chi connectivity index (χ1v) is 6.26. The van der Waals surface area contributed by atoms with E-state index in [1.807, 2.05) is 19.1 Å². The molecule has 0 saturated carbocycles. The minimum absolute atomic E-state index is 0.0494. The Hall–Kier alpha value is -2.63. The molecule has 0 bridgehead atoms. The maximum Gasteiger partial charge on any atom is 0.337 e. The molecule has 2 aromatic heterocycles. The van der Waals surface area contributed by atoms with Crippen molar-refractivity contribution in [1.82, 2.24) is 15.0 Å². The number of aromatic carboxylic acids is 1. The highest BCUT2D eigenvalue weighted by Gasteiger charge is 2.18. The van der Waals surface area contributed by atoms with Crippen LogP contribution >= 0.6 is 0 Å². The van der Waals surface area contributed by atoms with Gasteiger partial charge in [0.25, 0.3) is 0 Å². The van der Waals surface area contributed by atoms with Gasteiger partial charge in [-0.05, 0) is 31.2 Å². The summed E-state index contributed by atoms with van der Waals surface area (Å²) >= 11 is 0. The molecule has 1 atom stereocenters. The third-order valence-electron chi connectivity index (χ3n) is 3.22. The van der Waals surface area contributed by atoms with Gasteiger partial charge in [-0.1, -0.05) is 11.3 Å². The van der Waals surface area contributed by atoms with Gasteiger partial charge in [-0.15, -0.1) is 5.10 Å². The predicted octanol–water partition coefficient (Wildman–Crippen LogP) is 2.53. The molecule has 0 aliphatic rings. The number of benzene rings is 1. The molecule has 6 heteroatoms. The smallest absolute Gasteiger partial charge is 0.337 e. The maximum atomic E-state index is 11.3. The second-order valence-electron chi connectivity index (χ2n) is 4.64. The molecule has 1 unspecified atom stereocenters. The van der Waals surface area contributed by atoms with E-state index in [2.05, 4.69) is 10.3 Å². The standard InChI is InChI=1S/C14H13N3O3/c1-9(8-10-4-3-7-20-10)17-13-11(14(18)19)5-2-6-12(13)15-16-17/h2-7,9H,8H2,1H3,(H,18,19). The minimum Gasteiger partial charge on any atom is -0.478 e. The van der Waals surface area contributed by atoms with Crippen molar-refractivity contribution in [3.8, 4) is 0 Å². The van der Waals surface area contributed by atoms with E-state index < -0.39 is 5.97 Å². The summed E-state index contributed by atoms with van der Waals surface area (Å²) in [4.78, 5) is 11.3. The second-order valence-corrected chi connectivity index (χ2v) is 4.64. The first kappa shape index (κ1) is 12.4. The third-order valence-corrected chi connectivity index (χ3v) is 3.22. The number of carbonyl (C=O) groups is 1. The molecule has 2 heterocycles.